The van der Waals surface area contributed by atoms with E-state index in [-0.39, 0.29) is 31.3 Å². The second-order valence-corrected chi connectivity index (χ2v) is 10.9. The molecule has 1 atom stereocenters. The third-order valence-electron chi connectivity index (χ3n) is 7.78. The number of carbonyl (C=O) groups excluding carboxylic acids is 4. The van der Waals surface area contributed by atoms with Crippen molar-refractivity contribution in [3.63, 3.8) is 0 Å². The van der Waals surface area contributed by atoms with Crippen molar-refractivity contribution in [3.8, 4) is 45.9 Å². The average molecular weight is 604 g/mol. The summed E-state index contributed by atoms with van der Waals surface area (Å²) in [5.41, 5.74) is 3.12. The highest BCUT2D eigenvalue weighted by atomic mass is 16.5. The van der Waals surface area contributed by atoms with Crippen LogP contribution in [0.3, 0.4) is 0 Å². The van der Waals surface area contributed by atoms with Crippen LogP contribution in [-0.4, -0.2) is 57.0 Å². The summed E-state index contributed by atoms with van der Waals surface area (Å²) < 4.78 is 12.5. The number of carbonyl (C=O) groups is 4. The number of pyridine rings is 1. The van der Waals surface area contributed by atoms with Gasteiger partial charge in [0.15, 0.2) is 5.75 Å². The summed E-state index contributed by atoms with van der Waals surface area (Å²) in [4.78, 5) is 57.1. The summed E-state index contributed by atoms with van der Waals surface area (Å²) in [5, 5.41) is 6.57. The Kier molecular flexibility index (Phi) is 7.64. The zero-order valence-corrected chi connectivity index (χ0v) is 24.9. The van der Waals surface area contributed by atoms with E-state index < -0.39 is 17.2 Å². The number of amides is 3. The third-order valence-corrected chi connectivity index (χ3v) is 7.78. The normalized spacial score (nSPS) is 17.0. The number of nitrogens with one attached hydrogen (secondary N) is 1. The number of methoxy groups -OCH3 is 1. The monoisotopic (exact) mass is 603 g/mol. The van der Waals surface area contributed by atoms with Gasteiger partial charge in [0.05, 0.1) is 25.4 Å². The van der Waals surface area contributed by atoms with Crippen LogP contribution >= 0.6 is 0 Å². The molecule has 0 spiro atoms. The Morgan fingerprint density at radius 2 is 1.87 bits per heavy atom. The highest BCUT2D eigenvalue weighted by molar-refractivity contribution is 6.08. The first-order valence-corrected chi connectivity index (χ1v) is 14.3. The Morgan fingerprint density at radius 1 is 1.07 bits per heavy atom. The molecule has 11 nitrogen and oxygen atoms in total. The second kappa shape index (κ2) is 11.7. The van der Waals surface area contributed by atoms with Gasteiger partial charge in [0.2, 0.25) is 11.8 Å². The molecule has 1 saturated heterocycles. The predicted molar refractivity (Wildman–Crippen MR) is 163 cm³/mol. The first kappa shape index (κ1) is 29.3. The van der Waals surface area contributed by atoms with E-state index >= 15 is 0 Å². The van der Waals surface area contributed by atoms with Crippen molar-refractivity contribution in [1.29, 1.82) is 0 Å². The number of benzene rings is 2. The number of aromatic nitrogens is 3. The van der Waals surface area contributed by atoms with Crippen LogP contribution in [0.25, 0.3) is 22.5 Å². The minimum Gasteiger partial charge on any atom is -0.497 e. The average Bonchev–Trinajstić information content (AvgIpc) is 3.70. The molecule has 0 bridgehead atoms. The first-order chi connectivity index (χ1) is 21.7. The molecule has 0 aliphatic carbocycles. The van der Waals surface area contributed by atoms with Crippen LogP contribution in [0.2, 0.25) is 0 Å². The van der Waals surface area contributed by atoms with Crippen molar-refractivity contribution >= 4 is 23.7 Å². The van der Waals surface area contributed by atoms with Gasteiger partial charge in [-0.15, -0.1) is 0 Å². The minimum absolute atomic E-state index is 0.0390. The molecule has 4 heterocycles. The number of ether oxygens (including phenoxy) is 2. The molecule has 226 valence electrons. The summed E-state index contributed by atoms with van der Waals surface area (Å²) in [6.07, 6.45) is 3.60. The lowest BCUT2D eigenvalue weighted by molar-refractivity contribution is -0.134. The van der Waals surface area contributed by atoms with E-state index in [2.05, 4.69) is 22.3 Å². The highest BCUT2D eigenvalue weighted by Gasteiger charge is 2.48. The number of imide groups is 1. The zero-order valence-electron chi connectivity index (χ0n) is 24.9. The summed E-state index contributed by atoms with van der Waals surface area (Å²) in [6, 6.07) is 15.9. The van der Waals surface area contributed by atoms with E-state index in [0.717, 1.165) is 11.1 Å². The van der Waals surface area contributed by atoms with E-state index in [9.17, 15) is 19.2 Å². The van der Waals surface area contributed by atoms with Gasteiger partial charge in [-0.25, -0.2) is 4.98 Å². The van der Waals surface area contributed by atoms with Gasteiger partial charge >= 0.3 is 5.97 Å². The molecule has 0 saturated carbocycles. The van der Waals surface area contributed by atoms with Crippen molar-refractivity contribution in [2.75, 3.05) is 13.7 Å². The van der Waals surface area contributed by atoms with E-state index in [1.54, 1.807) is 71.2 Å². The highest BCUT2D eigenvalue weighted by Crippen LogP contribution is 2.35. The van der Waals surface area contributed by atoms with Crippen LogP contribution < -0.4 is 14.8 Å². The van der Waals surface area contributed by atoms with Gasteiger partial charge in [-0.1, -0.05) is 37.0 Å². The maximum Gasteiger partial charge on any atom is 0.310 e. The van der Waals surface area contributed by atoms with Gasteiger partial charge in [-0.05, 0) is 42.0 Å². The van der Waals surface area contributed by atoms with E-state index in [4.69, 9.17) is 14.5 Å². The number of esters is 1. The maximum absolute atomic E-state index is 13.2. The third kappa shape index (κ3) is 5.78. The lowest BCUT2D eigenvalue weighted by Crippen LogP contribution is -2.42. The molecular weight excluding hydrogens is 574 g/mol. The van der Waals surface area contributed by atoms with Crippen LogP contribution in [-0.2, 0) is 28.0 Å². The maximum atomic E-state index is 13.2. The summed E-state index contributed by atoms with van der Waals surface area (Å²) in [7, 11) is 3.34. The van der Waals surface area contributed by atoms with Crippen LogP contribution in [0.1, 0.15) is 41.3 Å². The van der Waals surface area contributed by atoms with E-state index in [0.29, 0.717) is 46.1 Å². The molecule has 4 aromatic rings. The van der Waals surface area contributed by atoms with Crippen LogP contribution in [0.15, 0.2) is 67.0 Å². The molecule has 3 amide bonds. The Bertz CT molecular complexity index is 1920. The summed E-state index contributed by atoms with van der Waals surface area (Å²) >= 11 is 0. The molecule has 6 rings (SSSR count). The van der Waals surface area contributed by atoms with Gasteiger partial charge in [0, 0.05) is 55.0 Å². The lowest BCUT2D eigenvalue weighted by atomic mass is 9.85. The first-order valence-electron chi connectivity index (χ1n) is 14.3. The Balaban J connectivity index is 1.29. The van der Waals surface area contributed by atoms with Crippen LogP contribution in [0.4, 0.5) is 0 Å². The van der Waals surface area contributed by atoms with Crippen LogP contribution in [0, 0.1) is 17.3 Å². The van der Waals surface area contributed by atoms with Crippen molar-refractivity contribution < 1.29 is 28.7 Å². The number of rotatable bonds is 7. The van der Waals surface area contributed by atoms with Crippen molar-refractivity contribution in [3.05, 3.63) is 83.7 Å². The largest absolute Gasteiger partial charge is 0.497 e. The van der Waals surface area contributed by atoms with Gasteiger partial charge in [-0.3, -0.25) is 29.2 Å². The summed E-state index contributed by atoms with van der Waals surface area (Å²) in [5.74, 6) is 5.35. The van der Waals surface area contributed by atoms with Crippen molar-refractivity contribution in [2.24, 2.45) is 12.5 Å². The molecule has 0 unspecified atom stereocenters. The zero-order chi connectivity index (χ0) is 31.7. The van der Waals surface area contributed by atoms with E-state index in [1.165, 1.54) is 7.11 Å². The topological polar surface area (TPSA) is 133 Å². The molecule has 2 aromatic heterocycles. The molecule has 2 aliphatic rings. The molecule has 11 heteroatoms. The van der Waals surface area contributed by atoms with E-state index in [1.807, 2.05) is 19.3 Å². The van der Waals surface area contributed by atoms with Crippen molar-refractivity contribution in [1.82, 2.24) is 25.0 Å². The number of hydrogen-bond acceptors (Lipinski definition) is 8. The Labute approximate surface area is 259 Å². The van der Waals surface area contributed by atoms with Crippen LogP contribution in [0.5, 0.6) is 11.5 Å². The lowest BCUT2D eigenvalue weighted by Gasteiger charge is -2.25. The second-order valence-electron chi connectivity index (χ2n) is 10.9. The Hall–Kier alpha value is -5.76. The molecule has 0 radical (unpaired) electrons. The number of nitrogens with zero attached hydrogens (tertiary/aromatic N) is 4. The quantitative estimate of drug-likeness (QED) is 0.193. The molecular formula is C34H29N5O6. The molecule has 45 heavy (non-hydrogen) atoms. The fraction of sp³-hybridized carbons (Fsp3) is 0.235. The van der Waals surface area contributed by atoms with Gasteiger partial charge in [0.1, 0.15) is 16.9 Å². The van der Waals surface area contributed by atoms with Gasteiger partial charge in [0.25, 0.3) is 5.91 Å². The number of aryl methyl sites for hydroxylation is 1. The SMILES string of the molecule is CCC(=O)Oc1ccc(-c2cnn(C)c2)nc1-c1ccc(C#C[C@]2(CN3Cc4ccc(OC)cc4C3=O)CC(=O)NC2=O)cc1. The fourth-order valence-corrected chi connectivity index (χ4v) is 5.38. The standard InChI is InChI=1S/C34H29N5O6/c1-4-30(41)45-28-12-11-27(24-17-35-38(2)18-24)36-31(28)22-7-5-21(6-8-22)13-14-34(16-29(40)37-33(34)43)20-39-19-23-9-10-25(44-3)15-26(23)32(39)42/h5-12,15,17-18H,4,16,19-20H2,1-3H3,(H,37,40,43)/t34-/m1/s1. The van der Waals surface area contributed by atoms with Gasteiger partial charge < -0.3 is 14.4 Å². The molecule has 2 aromatic carbocycles. The van der Waals surface area contributed by atoms with Crippen molar-refractivity contribution in [2.45, 2.75) is 26.3 Å². The minimum atomic E-state index is -1.40. The molecule has 1 N–H and O–H groups in total. The molecule has 1 fully saturated rings. The summed E-state index contributed by atoms with van der Waals surface area (Å²) in [6.45, 7) is 1.98. The fourth-order valence-electron chi connectivity index (χ4n) is 5.38. The number of fused-ring (bicyclic) bond motifs is 1. The molecule has 2 aliphatic heterocycles. The predicted octanol–water partition coefficient (Wildman–Crippen LogP) is 3.51. The van der Waals surface area contributed by atoms with Gasteiger partial charge in [-0.2, -0.15) is 5.10 Å². The smallest absolute Gasteiger partial charge is 0.310 e. The number of hydrogen-bond donors (Lipinski definition) is 1. The Morgan fingerprint density at radius 3 is 2.53 bits per heavy atom.